The molecule has 0 aliphatic heterocycles. The number of alkyl halides is 3. The van der Waals surface area contributed by atoms with Crippen LogP contribution >= 0.6 is 0 Å². The van der Waals surface area contributed by atoms with Crippen molar-refractivity contribution in [1.29, 1.82) is 0 Å². The molecule has 0 aliphatic rings. The molecule has 0 unspecified atom stereocenters. The summed E-state index contributed by atoms with van der Waals surface area (Å²) in [5.74, 6) is -2.41. The number of nitrogens with one attached hydrogen (secondary N) is 1. The first-order valence-corrected chi connectivity index (χ1v) is 3.81. The van der Waals surface area contributed by atoms with Gasteiger partial charge in [0.1, 0.15) is 5.69 Å². The molecule has 80 valence electrons. The van der Waals surface area contributed by atoms with Crippen molar-refractivity contribution < 1.29 is 27.5 Å². The molecule has 0 radical (unpaired) electrons. The van der Waals surface area contributed by atoms with Crippen molar-refractivity contribution >= 4 is 17.1 Å². The van der Waals surface area contributed by atoms with E-state index in [2.05, 4.69) is 9.40 Å². The number of aromatic amines is 1. The van der Waals surface area contributed by atoms with Gasteiger partial charge in [-0.15, -0.1) is 0 Å². The van der Waals surface area contributed by atoms with Crippen LogP contribution in [0.1, 0.15) is 16.2 Å². The number of aromatic carboxylic acids is 1. The molecule has 7 heteroatoms. The molecule has 4 nitrogen and oxygen atoms in total. The standard InChI is InChI=1S/C8H4F3NO3/c9-8(10,11)6-2-3-5(15-6)1-4(12-3)7(13)14/h1-2,12H,(H,13,14). The van der Waals surface area contributed by atoms with Gasteiger partial charge in [0.2, 0.25) is 5.76 Å². The molecule has 2 aromatic rings. The van der Waals surface area contributed by atoms with Gasteiger partial charge < -0.3 is 14.5 Å². The average Bonchev–Trinajstić information content (AvgIpc) is 2.55. The Bertz CT molecular complexity index is 491. The Morgan fingerprint density at radius 2 is 2.07 bits per heavy atom. The summed E-state index contributed by atoms with van der Waals surface area (Å²) in [7, 11) is 0. The third-order valence-electron chi connectivity index (χ3n) is 1.82. The molecule has 0 amide bonds. The second kappa shape index (κ2) is 2.78. The molecule has 0 atom stereocenters. The number of furan rings is 1. The number of carbonyl (C=O) groups is 1. The highest BCUT2D eigenvalue weighted by Gasteiger charge is 2.35. The molecular weight excluding hydrogens is 215 g/mol. The van der Waals surface area contributed by atoms with Crippen LogP contribution in [0.4, 0.5) is 13.2 Å². The van der Waals surface area contributed by atoms with Gasteiger partial charge in [0.05, 0.1) is 5.52 Å². The fourth-order valence-electron chi connectivity index (χ4n) is 1.18. The number of carboxylic acid groups (broad SMARTS) is 1. The zero-order valence-electron chi connectivity index (χ0n) is 7.05. The van der Waals surface area contributed by atoms with Crippen LogP contribution in [0.5, 0.6) is 0 Å². The minimum Gasteiger partial charge on any atom is -0.477 e. The quantitative estimate of drug-likeness (QED) is 0.774. The van der Waals surface area contributed by atoms with Gasteiger partial charge in [0.15, 0.2) is 5.58 Å². The monoisotopic (exact) mass is 219 g/mol. The highest BCUT2D eigenvalue weighted by molar-refractivity contribution is 5.92. The zero-order valence-corrected chi connectivity index (χ0v) is 7.05. The Balaban J connectivity index is 2.52. The van der Waals surface area contributed by atoms with Crippen molar-refractivity contribution in [3.05, 3.63) is 23.6 Å². The Morgan fingerprint density at radius 1 is 1.40 bits per heavy atom. The van der Waals surface area contributed by atoms with Crippen LogP contribution in [-0.2, 0) is 6.18 Å². The van der Waals surface area contributed by atoms with Gasteiger partial charge in [-0.2, -0.15) is 13.2 Å². The maximum absolute atomic E-state index is 12.1. The lowest BCUT2D eigenvalue weighted by Gasteiger charge is -1.99. The highest BCUT2D eigenvalue weighted by Crippen LogP contribution is 2.33. The van der Waals surface area contributed by atoms with Gasteiger partial charge in [-0.25, -0.2) is 4.79 Å². The summed E-state index contributed by atoms with van der Waals surface area (Å²) in [5, 5.41) is 8.54. The number of carboxylic acids is 1. The van der Waals surface area contributed by atoms with Crippen molar-refractivity contribution in [3.63, 3.8) is 0 Å². The molecule has 2 N–H and O–H groups in total. The van der Waals surface area contributed by atoms with Crippen LogP contribution in [0.15, 0.2) is 16.5 Å². The molecule has 0 aliphatic carbocycles. The Morgan fingerprint density at radius 3 is 2.53 bits per heavy atom. The summed E-state index contributed by atoms with van der Waals surface area (Å²) in [6.07, 6.45) is -4.57. The maximum Gasteiger partial charge on any atom is 0.449 e. The van der Waals surface area contributed by atoms with Gasteiger partial charge in [-0.3, -0.25) is 0 Å². The van der Waals surface area contributed by atoms with Gasteiger partial charge in [0, 0.05) is 12.1 Å². The van der Waals surface area contributed by atoms with Crippen molar-refractivity contribution in [2.45, 2.75) is 6.18 Å². The van der Waals surface area contributed by atoms with E-state index in [4.69, 9.17) is 5.11 Å². The Kier molecular flexibility index (Phi) is 1.79. The molecule has 0 aromatic carbocycles. The molecule has 0 saturated heterocycles. The molecule has 2 aromatic heterocycles. The zero-order chi connectivity index (χ0) is 11.2. The van der Waals surface area contributed by atoms with Crippen LogP contribution in [0, 0.1) is 0 Å². The van der Waals surface area contributed by atoms with Gasteiger partial charge in [-0.1, -0.05) is 0 Å². The first-order valence-electron chi connectivity index (χ1n) is 3.81. The number of halogens is 3. The van der Waals surface area contributed by atoms with Gasteiger partial charge >= 0.3 is 12.1 Å². The van der Waals surface area contributed by atoms with Crippen LogP contribution < -0.4 is 0 Å². The topological polar surface area (TPSA) is 66.2 Å². The second-order valence-electron chi connectivity index (χ2n) is 2.87. The second-order valence-corrected chi connectivity index (χ2v) is 2.87. The summed E-state index contributed by atoms with van der Waals surface area (Å²) in [4.78, 5) is 12.7. The Hall–Kier alpha value is -1.92. The summed E-state index contributed by atoms with van der Waals surface area (Å²) >= 11 is 0. The van der Waals surface area contributed by atoms with Crippen LogP contribution in [0.3, 0.4) is 0 Å². The van der Waals surface area contributed by atoms with Gasteiger partial charge in [0.25, 0.3) is 0 Å². The fourth-order valence-corrected chi connectivity index (χ4v) is 1.18. The molecule has 0 saturated carbocycles. The number of aromatic nitrogens is 1. The number of H-pyrrole nitrogens is 1. The molecule has 2 heterocycles. The minimum absolute atomic E-state index is 0.0136. The number of hydrogen-bond donors (Lipinski definition) is 2. The van der Waals surface area contributed by atoms with Crippen molar-refractivity contribution in [3.8, 4) is 0 Å². The van der Waals surface area contributed by atoms with E-state index in [1.165, 1.54) is 0 Å². The first kappa shape index (κ1) is 9.63. The number of fused-ring (bicyclic) bond motifs is 1. The normalized spacial score (nSPS) is 12.2. The lowest BCUT2D eigenvalue weighted by atomic mass is 10.4. The van der Waals surface area contributed by atoms with E-state index in [1.807, 2.05) is 0 Å². The largest absolute Gasteiger partial charge is 0.477 e. The van der Waals surface area contributed by atoms with E-state index >= 15 is 0 Å². The summed E-state index contributed by atoms with van der Waals surface area (Å²) in [6, 6.07) is 1.73. The molecule has 0 bridgehead atoms. The molecule has 0 spiro atoms. The van der Waals surface area contributed by atoms with Crippen molar-refractivity contribution in [2.75, 3.05) is 0 Å². The summed E-state index contributed by atoms with van der Waals surface area (Å²) < 4.78 is 40.9. The van der Waals surface area contributed by atoms with Crippen LogP contribution in [-0.4, -0.2) is 16.1 Å². The van der Waals surface area contributed by atoms with Crippen molar-refractivity contribution in [1.82, 2.24) is 4.98 Å². The van der Waals surface area contributed by atoms with E-state index in [0.29, 0.717) is 0 Å². The third kappa shape index (κ3) is 1.56. The van der Waals surface area contributed by atoms with E-state index in [9.17, 15) is 18.0 Å². The van der Waals surface area contributed by atoms with E-state index in [-0.39, 0.29) is 16.8 Å². The van der Waals surface area contributed by atoms with Crippen LogP contribution in [0.2, 0.25) is 0 Å². The summed E-state index contributed by atoms with van der Waals surface area (Å²) in [5.41, 5.74) is -0.322. The molecule has 2 rings (SSSR count). The average molecular weight is 219 g/mol. The smallest absolute Gasteiger partial charge is 0.449 e. The Labute approximate surface area is 80.3 Å². The third-order valence-corrected chi connectivity index (χ3v) is 1.82. The van der Waals surface area contributed by atoms with Crippen molar-refractivity contribution in [2.24, 2.45) is 0 Å². The number of rotatable bonds is 1. The summed E-state index contributed by atoms with van der Waals surface area (Å²) in [6.45, 7) is 0. The fraction of sp³-hybridized carbons (Fsp3) is 0.125. The minimum atomic E-state index is -4.57. The molecule has 0 fully saturated rings. The maximum atomic E-state index is 12.1. The van der Waals surface area contributed by atoms with E-state index in [0.717, 1.165) is 12.1 Å². The number of hydrogen-bond acceptors (Lipinski definition) is 2. The van der Waals surface area contributed by atoms with Gasteiger partial charge in [-0.05, 0) is 0 Å². The lowest BCUT2D eigenvalue weighted by Crippen LogP contribution is -2.02. The van der Waals surface area contributed by atoms with E-state index in [1.54, 1.807) is 0 Å². The predicted octanol–water partition coefficient (Wildman–Crippen LogP) is 2.48. The molecule has 15 heavy (non-hydrogen) atoms. The molecular formula is C8H4F3NO3. The SMILES string of the molecule is O=C(O)c1cc2oc(C(F)(F)F)cc2[nH]1. The first-order chi connectivity index (χ1) is 6.88. The predicted molar refractivity (Wildman–Crippen MR) is 42.5 cm³/mol. The van der Waals surface area contributed by atoms with Crippen LogP contribution in [0.25, 0.3) is 11.1 Å². The lowest BCUT2D eigenvalue weighted by molar-refractivity contribution is -0.152. The van der Waals surface area contributed by atoms with E-state index < -0.39 is 17.9 Å². The highest BCUT2D eigenvalue weighted by atomic mass is 19.4.